The van der Waals surface area contributed by atoms with Gasteiger partial charge in [-0.3, -0.25) is 4.57 Å². The van der Waals surface area contributed by atoms with Crippen molar-refractivity contribution in [2.24, 2.45) is 0 Å². The number of hydrogen-bond donors (Lipinski definition) is 0. The molecule has 0 saturated carbocycles. The van der Waals surface area contributed by atoms with E-state index in [4.69, 9.17) is 9.47 Å². The molecule has 2 fully saturated rings. The van der Waals surface area contributed by atoms with Gasteiger partial charge < -0.3 is 14.4 Å². The Kier molecular flexibility index (Phi) is 4.84. The molecule has 3 aliphatic heterocycles. The highest BCUT2D eigenvalue weighted by Crippen LogP contribution is 2.53. The van der Waals surface area contributed by atoms with Crippen LogP contribution in [0, 0.1) is 5.82 Å². The Morgan fingerprint density at radius 1 is 1.09 bits per heavy atom. The molecule has 0 aliphatic carbocycles. The van der Waals surface area contributed by atoms with Crippen LogP contribution in [0.5, 0.6) is 17.4 Å². The van der Waals surface area contributed by atoms with Crippen molar-refractivity contribution in [2.75, 3.05) is 4.90 Å². The average Bonchev–Trinajstić information content (AvgIpc) is 3.45. The van der Waals surface area contributed by atoms with Gasteiger partial charge in [0.2, 0.25) is 5.88 Å². The summed E-state index contributed by atoms with van der Waals surface area (Å²) in [6.45, 7) is 0.620. The zero-order valence-corrected chi connectivity index (χ0v) is 18.5. The summed E-state index contributed by atoms with van der Waals surface area (Å²) >= 11 is 0. The quantitative estimate of drug-likeness (QED) is 0.458. The average molecular weight is 487 g/mol. The van der Waals surface area contributed by atoms with Crippen molar-refractivity contribution in [3.63, 3.8) is 0 Å². The second-order valence-corrected chi connectivity index (χ2v) is 9.33. The summed E-state index contributed by atoms with van der Waals surface area (Å²) in [5.74, 6) is -0.0811. The van der Waals surface area contributed by atoms with Gasteiger partial charge >= 0.3 is 11.9 Å². The first-order chi connectivity index (χ1) is 16.7. The van der Waals surface area contributed by atoms with Crippen LogP contribution in [0.3, 0.4) is 0 Å². The summed E-state index contributed by atoms with van der Waals surface area (Å²) < 4.78 is 66.0. The maximum Gasteiger partial charge on any atom is 0.416 e. The molecule has 0 spiro atoms. The van der Waals surface area contributed by atoms with Crippen molar-refractivity contribution in [1.29, 1.82) is 0 Å². The van der Waals surface area contributed by atoms with E-state index in [-0.39, 0.29) is 35.2 Å². The van der Waals surface area contributed by atoms with Crippen LogP contribution in [0.15, 0.2) is 53.3 Å². The number of hydrogen-bond acceptors (Lipinski definition) is 5. The zero-order valence-electron chi connectivity index (χ0n) is 18.5. The maximum absolute atomic E-state index is 14.6. The van der Waals surface area contributed by atoms with E-state index in [0.717, 1.165) is 43.6 Å². The van der Waals surface area contributed by atoms with E-state index in [1.807, 2.05) is 0 Å². The van der Waals surface area contributed by atoms with Crippen LogP contribution in [-0.4, -0.2) is 21.1 Å². The second-order valence-electron chi connectivity index (χ2n) is 9.33. The van der Waals surface area contributed by atoms with Crippen molar-refractivity contribution >= 4 is 5.82 Å². The molecule has 2 saturated heterocycles. The number of benzene rings is 2. The lowest BCUT2D eigenvalue weighted by Crippen LogP contribution is -2.38. The van der Waals surface area contributed by atoms with Gasteiger partial charge in [-0.05, 0) is 61.6 Å². The van der Waals surface area contributed by atoms with E-state index in [9.17, 15) is 22.4 Å². The normalized spacial score (nSPS) is 22.3. The number of fused-ring (bicyclic) bond motifs is 1. The summed E-state index contributed by atoms with van der Waals surface area (Å²) in [7, 11) is 0. The van der Waals surface area contributed by atoms with Crippen molar-refractivity contribution < 1.29 is 27.0 Å². The summed E-state index contributed by atoms with van der Waals surface area (Å²) in [6, 6.07) is 10.5. The molecule has 1 aromatic heterocycles. The van der Waals surface area contributed by atoms with E-state index in [1.54, 1.807) is 16.7 Å². The first-order valence-corrected chi connectivity index (χ1v) is 11.4. The van der Waals surface area contributed by atoms with E-state index in [0.29, 0.717) is 18.2 Å². The lowest BCUT2D eigenvalue weighted by atomic mass is 9.88. The monoisotopic (exact) mass is 487 g/mol. The van der Waals surface area contributed by atoms with Crippen molar-refractivity contribution in [2.45, 2.75) is 56.6 Å². The van der Waals surface area contributed by atoms with Gasteiger partial charge in [-0.25, -0.2) is 9.18 Å². The predicted molar refractivity (Wildman–Crippen MR) is 118 cm³/mol. The molecule has 0 amide bonds. The van der Waals surface area contributed by atoms with E-state index in [2.05, 4.69) is 9.88 Å². The molecule has 0 atom stereocenters. The number of aromatic nitrogens is 2. The Hall–Kier alpha value is -3.56. The number of alkyl halides is 3. The van der Waals surface area contributed by atoms with Crippen molar-refractivity contribution in [1.82, 2.24) is 9.55 Å². The van der Waals surface area contributed by atoms with Crippen LogP contribution in [0.25, 0.3) is 0 Å². The van der Waals surface area contributed by atoms with E-state index in [1.165, 1.54) is 24.3 Å². The van der Waals surface area contributed by atoms with Crippen LogP contribution in [0.1, 0.15) is 36.8 Å². The SMILES string of the molecule is O=c1nc(OCc2ccc(Oc3cccc(C(F)(F)F)c3)c(F)c2)cc2n1CC13CCC(CC1)N23. The smallest absolute Gasteiger partial charge is 0.416 e. The molecule has 10 heteroatoms. The number of rotatable bonds is 5. The maximum atomic E-state index is 14.6. The molecule has 0 N–H and O–H groups in total. The largest absolute Gasteiger partial charge is 0.473 e. The predicted octanol–water partition coefficient (Wildman–Crippen LogP) is 5.29. The zero-order chi connectivity index (χ0) is 24.4. The van der Waals surface area contributed by atoms with E-state index < -0.39 is 17.6 Å². The molecule has 2 bridgehead atoms. The number of anilines is 1. The van der Waals surface area contributed by atoms with Crippen LogP contribution >= 0.6 is 0 Å². The van der Waals surface area contributed by atoms with E-state index >= 15 is 0 Å². The number of ether oxygens (including phenoxy) is 2. The Morgan fingerprint density at radius 3 is 2.63 bits per heavy atom. The van der Waals surface area contributed by atoms with Gasteiger partial charge in [0, 0.05) is 12.1 Å². The van der Waals surface area contributed by atoms with Gasteiger partial charge in [-0.15, -0.1) is 0 Å². The summed E-state index contributed by atoms with van der Waals surface area (Å²) in [6.07, 6.45) is -0.129. The Morgan fingerprint density at radius 2 is 1.89 bits per heavy atom. The molecule has 4 heterocycles. The summed E-state index contributed by atoms with van der Waals surface area (Å²) in [5.41, 5.74) is -0.761. The lowest BCUT2D eigenvalue weighted by Gasteiger charge is -2.27. The molecule has 3 aliphatic rings. The summed E-state index contributed by atoms with van der Waals surface area (Å²) in [4.78, 5) is 19.0. The molecular weight excluding hydrogens is 466 g/mol. The third kappa shape index (κ3) is 3.71. The van der Waals surface area contributed by atoms with Gasteiger partial charge in [-0.2, -0.15) is 18.2 Å². The number of nitrogens with zero attached hydrogens (tertiary/aromatic N) is 3. The highest BCUT2D eigenvalue weighted by Gasteiger charge is 2.56. The minimum Gasteiger partial charge on any atom is -0.473 e. The van der Waals surface area contributed by atoms with Gasteiger partial charge in [0.05, 0.1) is 17.6 Å². The van der Waals surface area contributed by atoms with Gasteiger partial charge in [0.25, 0.3) is 0 Å². The topological polar surface area (TPSA) is 56.6 Å². The molecule has 35 heavy (non-hydrogen) atoms. The number of halogens is 4. The van der Waals surface area contributed by atoms with Crippen molar-refractivity contribution in [3.05, 3.63) is 76.0 Å². The van der Waals surface area contributed by atoms with Gasteiger partial charge in [0.15, 0.2) is 11.6 Å². The van der Waals surface area contributed by atoms with Crippen molar-refractivity contribution in [3.8, 4) is 17.4 Å². The Labute approximate surface area is 197 Å². The Balaban J connectivity index is 1.16. The molecule has 2 aromatic carbocycles. The molecular formula is C25H21F4N3O3. The molecule has 6 rings (SSSR count). The fraction of sp³-hybridized carbons (Fsp3) is 0.360. The lowest BCUT2D eigenvalue weighted by molar-refractivity contribution is -0.137. The fourth-order valence-corrected chi connectivity index (χ4v) is 5.62. The van der Waals surface area contributed by atoms with Crippen LogP contribution in [0.2, 0.25) is 0 Å². The third-order valence-electron chi connectivity index (χ3n) is 7.20. The second kappa shape index (κ2) is 7.73. The standard InChI is InChI=1S/C25H21F4N3O3/c26-19-10-15(4-5-20(19)35-18-3-1-2-16(11-18)25(27,28)29)13-34-21-12-22-31(23(33)30-21)14-24-8-6-17(7-9-24)32(22)24/h1-5,10-12,17H,6-9,13-14H2. The molecule has 3 aromatic rings. The molecule has 6 nitrogen and oxygen atoms in total. The third-order valence-corrected chi connectivity index (χ3v) is 7.20. The first kappa shape index (κ1) is 21.9. The molecule has 0 unspecified atom stereocenters. The first-order valence-electron chi connectivity index (χ1n) is 11.4. The molecule has 0 radical (unpaired) electrons. The Bertz CT molecular complexity index is 1360. The van der Waals surface area contributed by atoms with Gasteiger partial charge in [-0.1, -0.05) is 12.1 Å². The van der Waals surface area contributed by atoms with Crippen LogP contribution in [0.4, 0.5) is 23.4 Å². The summed E-state index contributed by atoms with van der Waals surface area (Å²) in [5, 5.41) is 0. The highest BCUT2D eigenvalue weighted by molar-refractivity contribution is 5.54. The molecule has 182 valence electrons. The highest BCUT2D eigenvalue weighted by atomic mass is 19.4. The van der Waals surface area contributed by atoms with Gasteiger partial charge in [0.1, 0.15) is 18.2 Å². The minimum absolute atomic E-state index is 0.0235. The van der Waals surface area contributed by atoms with Crippen LogP contribution in [-0.2, 0) is 19.3 Å². The minimum atomic E-state index is -4.53. The fourth-order valence-electron chi connectivity index (χ4n) is 5.62. The van der Waals surface area contributed by atoms with Crippen LogP contribution < -0.4 is 20.1 Å².